The number of carbonyl (C=O) groups is 3. The minimum Gasteiger partial charge on any atom is -0.479 e. The van der Waals surface area contributed by atoms with Gasteiger partial charge in [0.05, 0.1) is 28.0 Å². The first-order chi connectivity index (χ1) is 17.8. The molecule has 0 spiro atoms. The highest BCUT2D eigenvalue weighted by atomic mass is 35.5. The van der Waals surface area contributed by atoms with Crippen LogP contribution in [0.3, 0.4) is 0 Å². The molecule has 0 bridgehead atoms. The Bertz CT molecular complexity index is 1310. The number of rotatable bonds is 7. The predicted molar refractivity (Wildman–Crippen MR) is 147 cm³/mol. The van der Waals surface area contributed by atoms with E-state index in [4.69, 9.17) is 44.9 Å². The smallest absolute Gasteiger partial charge is 0.344 e. The van der Waals surface area contributed by atoms with Crippen LogP contribution in [0.1, 0.15) is 12.5 Å². The fraction of sp³-hybridized carbons (Fsp3) is 0.111. The van der Waals surface area contributed by atoms with Gasteiger partial charge in [-0.25, -0.2) is 4.79 Å². The van der Waals surface area contributed by atoms with Crippen molar-refractivity contribution in [3.63, 3.8) is 0 Å². The molecule has 1 heterocycles. The summed E-state index contributed by atoms with van der Waals surface area (Å²) < 4.78 is 10.2. The first kappa shape index (κ1) is 26.3. The van der Waals surface area contributed by atoms with Crippen LogP contribution in [0.15, 0.2) is 78.4 Å². The van der Waals surface area contributed by atoms with Crippen molar-refractivity contribution in [1.82, 2.24) is 0 Å². The van der Waals surface area contributed by atoms with Crippen LogP contribution in [-0.4, -0.2) is 36.1 Å². The summed E-state index contributed by atoms with van der Waals surface area (Å²) in [6.45, 7) is 1.51. The summed E-state index contributed by atoms with van der Waals surface area (Å²) in [7, 11) is 0. The Hall–Kier alpha value is -3.72. The van der Waals surface area contributed by atoms with Crippen molar-refractivity contribution in [2.45, 2.75) is 6.92 Å². The number of anilines is 2. The van der Waals surface area contributed by atoms with E-state index < -0.39 is 17.8 Å². The minimum absolute atomic E-state index is 0.0309. The molecule has 188 valence electrons. The summed E-state index contributed by atoms with van der Waals surface area (Å²) >= 11 is 18.3. The van der Waals surface area contributed by atoms with Gasteiger partial charge in [0.2, 0.25) is 0 Å². The third kappa shape index (κ3) is 5.67. The molecule has 7 nitrogen and oxygen atoms in total. The fourth-order valence-electron chi connectivity index (χ4n) is 3.64. The van der Waals surface area contributed by atoms with Crippen LogP contribution in [0.5, 0.6) is 5.75 Å². The first-order valence-electron chi connectivity index (χ1n) is 11.1. The first-order valence-corrected chi connectivity index (χ1v) is 12.3. The van der Waals surface area contributed by atoms with Crippen molar-refractivity contribution in [2.24, 2.45) is 0 Å². The highest BCUT2D eigenvalue weighted by Gasteiger charge is 2.41. The number of esters is 1. The number of carbonyl (C=O) groups excluding carboxylic acids is 3. The molecule has 1 fully saturated rings. The molecule has 0 aromatic heterocycles. The standard InChI is InChI=1S/C27H20Cl2N2O5S/c1-2-35-23(32)16-36-24-21(28)14-17(15-22(24)29)13-20-25(33)30(18-9-5-3-6-10-18)27(37)31(26(20)34)19-11-7-4-8-12-19/h3-15H,2,16H2,1H3. The van der Waals surface area contributed by atoms with E-state index in [1.807, 2.05) is 12.1 Å². The normalized spacial score (nSPS) is 13.6. The van der Waals surface area contributed by atoms with E-state index in [-0.39, 0.29) is 39.7 Å². The molecule has 0 radical (unpaired) electrons. The van der Waals surface area contributed by atoms with Gasteiger partial charge in [0, 0.05) is 0 Å². The lowest BCUT2D eigenvalue weighted by Gasteiger charge is -2.36. The largest absolute Gasteiger partial charge is 0.479 e. The van der Waals surface area contributed by atoms with E-state index in [1.165, 1.54) is 28.0 Å². The number of hydrogen-bond acceptors (Lipinski definition) is 6. The van der Waals surface area contributed by atoms with Crippen LogP contribution in [0.25, 0.3) is 6.08 Å². The van der Waals surface area contributed by atoms with Gasteiger partial charge in [-0.1, -0.05) is 59.6 Å². The molecule has 0 saturated carbocycles. The number of hydrogen-bond donors (Lipinski definition) is 0. The minimum atomic E-state index is -0.594. The van der Waals surface area contributed by atoms with Gasteiger partial charge in [-0.3, -0.25) is 19.4 Å². The molecule has 0 unspecified atom stereocenters. The van der Waals surface area contributed by atoms with Gasteiger partial charge in [-0.15, -0.1) is 0 Å². The number of benzene rings is 3. The Kier molecular flexibility index (Phi) is 8.23. The Balaban J connectivity index is 1.75. The third-order valence-electron chi connectivity index (χ3n) is 5.25. The van der Waals surface area contributed by atoms with E-state index in [9.17, 15) is 14.4 Å². The van der Waals surface area contributed by atoms with Gasteiger partial charge < -0.3 is 9.47 Å². The fourth-order valence-corrected chi connectivity index (χ4v) is 4.63. The van der Waals surface area contributed by atoms with E-state index in [0.29, 0.717) is 16.9 Å². The predicted octanol–water partition coefficient (Wildman–Crippen LogP) is 5.68. The molecular formula is C27H20Cl2N2O5S. The molecule has 1 aliphatic rings. The SMILES string of the molecule is CCOC(=O)COc1c(Cl)cc(C=C2C(=O)N(c3ccccc3)C(=S)N(c3ccccc3)C2=O)cc1Cl. The van der Waals surface area contributed by atoms with Gasteiger partial charge in [-0.2, -0.15) is 0 Å². The summed E-state index contributed by atoms with van der Waals surface area (Å²) in [5.74, 6) is -1.68. The molecule has 3 aromatic rings. The number of amides is 2. The maximum absolute atomic E-state index is 13.6. The second kappa shape index (κ2) is 11.6. The molecule has 1 saturated heterocycles. The van der Waals surface area contributed by atoms with Crippen LogP contribution in [0.2, 0.25) is 10.0 Å². The molecule has 0 atom stereocenters. The Labute approximate surface area is 228 Å². The molecule has 1 aliphatic heterocycles. The van der Waals surface area contributed by atoms with Crippen molar-refractivity contribution in [2.75, 3.05) is 23.0 Å². The second-order valence-electron chi connectivity index (χ2n) is 7.70. The number of para-hydroxylation sites is 2. The zero-order chi connectivity index (χ0) is 26.5. The summed E-state index contributed by atoms with van der Waals surface area (Å²) in [5.41, 5.74) is 1.25. The molecule has 10 heteroatoms. The second-order valence-corrected chi connectivity index (χ2v) is 8.88. The van der Waals surface area contributed by atoms with Crippen LogP contribution in [-0.2, 0) is 19.1 Å². The number of thiocarbonyl (C=S) groups is 1. The lowest BCUT2D eigenvalue weighted by atomic mass is 10.0. The molecule has 37 heavy (non-hydrogen) atoms. The van der Waals surface area contributed by atoms with Crippen LogP contribution in [0.4, 0.5) is 11.4 Å². The number of halogens is 2. The molecule has 3 aromatic carbocycles. The van der Waals surface area contributed by atoms with E-state index in [0.717, 1.165) is 0 Å². The van der Waals surface area contributed by atoms with Crippen molar-refractivity contribution in [3.8, 4) is 5.75 Å². The van der Waals surface area contributed by atoms with E-state index in [1.54, 1.807) is 55.5 Å². The van der Waals surface area contributed by atoms with Gasteiger partial charge in [0.25, 0.3) is 11.8 Å². The van der Waals surface area contributed by atoms with E-state index in [2.05, 4.69) is 0 Å². The molecule has 4 rings (SSSR count). The Morgan fingerprint density at radius 1 is 0.892 bits per heavy atom. The number of ether oxygens (including phenoxy) is 2. The molecular weight excluding hydrogens is 535 g/mol. The Morgan fingerprint density at radius 3 is 1.84 bits per heavy atom. The van der Waals surface area contributed by atoms with E-state index >= 15 is 0 Å². The lowest BCUT2D eigenvalue weighted by Crippen LogP contribution is -2.56. The third-order valence-corrected chi connectivity index (χ3v) is 6.18. The van der Waals surface area contributed by atoms with Crippen molar-refractivity contribution in [1.29, 1.82) is 0 Å². The van der Waals surface area contributed by atoms with Gasteiger partial charge >= 0.3 is 5.97 Å². The molecule has 0 N–H and O–H groups in total. The summed E-state index contributed by atoms with van der Waals surface area (Å²) in [6, 6.07) is 20.6. The zero-order valence-corrected chi connectivity index (χ0v) is 21.8. The Morgan fingerprint density at radius 2 is 1.38 bits per heavy atom. The van der Waals surface area contributed by atoms with Crippen molar-refractivity contribution >= 4 is 75.8 Å². The highest BCUT2D eigenvalue weighted by Crippen LogP contribution is 2.36. The van der Waals surface area contributed by atoms with Crippen molar-refractivity contribution in [3.05, 3.63) is 94.0 Å². The number of nitrogens with zero attached hydrogens (tertiary/aromatic N) is 2. The average Bonchev–Trinajstić information content (AvgIpc) is 2.87. The van der Waals surface area contributed by atoms with Gasteiger partial charge in [0.15, 0.2) is 17.5 Å². The molecule has 0 aliphatic carbocycles. The lowest BCUT2D eigenvalue weighted by molar-refractivity contribution is -0.145. The highest BCUT2D eigenvalue weighted by molar-refractivity contribution is 7.81. The quantitative estimate of drug-likeness (QED) is 0.162. The van der Waals surface area contributed by atoms with Crippen LogP contribution >= 0.6 is 35.4 Å². The maximum Gasteiger partial charge on any atom is 0.344 e. The van der Waals surface area contributed by atoms with Crippen LogP contribution in [0, 0.1) is 0 Å². The monoisotopic (exact) mass is 554 g/mol. The van der Waals surface area contributed by atoms with Gasteiger partial charge in [0.1, 0.15) is 5.57 Å². The summed E-state index contributed by atoms with van der Waals surface area (Å²) in [6.07, 6.45) is 1.39. The van der Waals surface area contributed by atoms with Crippen LogP contribution < -0.4 is 14.5 Å². The van der Waals surface area contributed by atoms with Gasteiger partial charge in [-0.05, 0) is 67.2 Å². The molecule has 2 amide bonds. The average molecular weight is 555 g/mol. The summed E-state index contributed by atoms with van der Waals surface area (Å²) in [4.78, 5) is 41.4. The maximum atomic E-state index is 13.6. The van der Waals surface area contributed by atoms with Crippen molar-refractivity contribution < 1.29 is 23.9 Å². The zero-order valence-electron chi connectivity index (χ0n) is 19.5. The topological polar surface area (TPSA) is 76.2 Å². The summed E-state index contributed by atoms with van der Waals surface area (Å²) in [5, 5.41) is 0.216.